The van der Waals surface area contributed by atoms with E-state index in [9.17, 15) is 4.79 Å². The van der Waals surface area contributed by atoms with Gasteiger partial charge in [0.15, 0.2) is 0 Å². The lowest BCUT2D eigenvalue weighted by Gasteiger charge is -2.16. The molecule has 1 aliphatic heterocycles. The van der Waals surface area contributed by atoms with E-state index in [2.05, 4.69) is 30.3 Å². The smallest absolute Gasteiger partial charge is 0.223 e. The maximum atomic E-state index is 11.8. The second kappa shape index (κ2) is 5.63. The van der Waals surface area contributed by atoms with E-state index < -0.39 is 0 Å². The van der Waals surface area contributed by atoms with Crippen molar-refractivity contribution in [2.24, 2.45) is 5.92 Å². The van der Waals surface area contributed by atoms with Crippen LogP contribution in [0.2, 0.25) is 0 Å². The number of amides is 1. The lowest BCUT2D eigenvalue weighted by atomic mass is 10.1. The number of nitrogens with zero attached hydrogens (tertiary/aromatic N) is 1. The van der Waals surface area contributed by atoms with Crippen molar-refractivity contribution in [2.75, 3.05) is 19.7 Å². The maximum Gasteiger partial charge on any atom is 0.223 e. The van der Waals surface area contributed by atoms with E-state index in [1.807, 2.05) is 17.0 Å². The van der Waals surface area contributed by atoms with E-state index in [0.29, 0.717) is 13.0 Å². The number of aliphatic hydroxyl groups excluding tert-OH is 1. The van der Waals surface area contributed by atoms with Gasteiger partial charge in [0.05, 0.1) is 0 Å². The predicted molar refractivity (Wildman–Crippen MR) is 79.4 cm³/mol. The molecule has 2 aromatic carbocycles. The fraction of sp³-hybridized carbons (Fsp3) is 0.353. The molecule has 0 spiro atoms. The van der Waals surface area contributed by atoms with Crippen LogP contribution in [0.5, 0.6) is 0 Å². The summed E-state index contributed by atoms with van der Waals surface area (Å²) in [6, 6.07) is 14.8. The molecule has 1 heterocycles. The first-order valence-corrected chi connectivity index (χ1v) is 7.12. The van der Waals surface area contributed by atoms with Crippen LogP contribution in [0.15, 0.2) is 42.5 Å². The SMILES string of the molecule is O=C1CC(CO)CN1CCc1ccc2ccccc2c1. The van der Waals surface area contributed by atoms with Gasteiger partial charge in [-0.3, -0.25) is 4.79 Å². The highest BCUT2D eigenvalue weighted by molar-refractivity contribution is 5.83. The number of hydrogen-bond donors (Lipinski definition) is 1. The Hall–Kier alpha value is -1.87. The van der Waals surface area contributed by atoms with Gasteiger partial charge in [-0.05, 0) is 22.8 Å². The van der Waals surface area contributed by atoms with Crippen molar-refractivity contribution in [3.63, 3.8) is 0 Å². The zero-order valence-corrected chi connectivity index (χ0v) is 11.5. The van der Waals surface area contributed by atoms with Crippen molar-refractivity contribution >= 4 is 16.7 Å². The van der Waals surface area contributed by atoms with E-state index >= 15 is 0 Å². The minimum atomic E-state index is 0.109. The van der Waals surface area contributed by atoms with Gasteiger partial charge in [0, 0.05) is 32.0 Å². The largest absolute Gasteiger partial charge is 0.396 e. The molecule has 0 bridgehead atoms. The second-order valence-electron chi connectivity index (χ2n) is 5.52. The number of rotatable bonds is 4. The predicted octanol–water partition coefficient (Wildman–Crippen LogP) is 2.22. The summed E-state index contributed by atoms with van der Waals surface area (Å²) in [5, 5.41) is 11.6. The molecule has 1 saturated heterocycles. The third-order valence-electron chi connectivity index (χ3n) is 4.04. The molecule has 1 fully saturated rings. The third-order valence-corrected chi connectivity index (χ3v) is 4.04. The Labute approximate surface area is 118 Å². The fourth-order valence-corrected chi connectivity index (χ4v) is 2.85. The van der Waals surface area contributed by atoms with Crippen molar-refractivity contribution in [1.82, 2.24) is 4.90 Å². The number of benzene rings is 2. The summed E-state index contributed by atoms with van der Waals surface area (Å²) >= 11 is 0. The van der Waals surface area contributed by atoms with Crippen molar-refractivity contribution in [3.8, 4) is 0 Å². The van der Waals surface area contributed by atoms with Crippen molar-refractivity contribution in [2.45, 2.75) is 12.8 Å². The quantitative estimate of drug-likeness (QED) is 0.924. The molecule has 0 aliphatic carbocycles. The second-order valence-corrected chi connectivity index (χ2v) is 5.52. The zero-order valence-electron chi connectivity index (χ0n) is 11.5. The summed E-state index contributed by atoms with van der Waals surface area (Å²) in [6.07, 6.45) is 1.36. The Morgan fingerprint density at radius 3 is 2.70 bits per heavy atom. The molecule has 3 heteroatoms. The lowest BCUT2D eigenvalue weighted by molar-refractivity contribution is -0.127. The number of aliphatic hydroxyl groups is 1. The van der Waals surface area contributed by atoms with Gasteiger partial charge >= 0.3 is 0 Å². The number of carbonyl (C=O) groups excluding carboxylic acids is 1. The number of hydrogen-bond acceptors (Lipinski definition) is 2. The molecule has 0 radical (unpaired) electrons. The van der Waals surface area contributed by atoms with Gasteiger partial charge in [0.2, 0.25) is 5.91 Å². The minimum absolute atomic E-state index is 0.109. The van der Waals surface area contributed by atoms with E-state index in [-0.39, 0.29) is 18.4 Å². The molecule has 1 atom stereocenters. The standard InChI is InChI=1S/C17H19NO2/c19-12-14-10-17(20)18(11-14)8-7-13-5-6-15-3-1-2-4-16(15)9-13/h1-6,9,14,19H,7-8,10-12H2. The summed E-state index contributed by atoms with van der Waals surface area (Å²) in [6.45, 7) is 1.55. The van der Waals surface area contributed by atoms with Crippen LogP contribution in [0, 0.1) is 5.92 Å². The fourth-order valence-electron chi connectivity index (χ4n) is 2.85. The van der Waals surface area contributed by atoms with Crippen LogP contribution in [0.1, 0.15) is 12.0 Å². The number of fused-ring (bicyclic) bond motifs is 1. The first-order chi connectivity index (χ1) is 9.76. The summed E-state index contributed by atoms with van der Waals surface area (Å²) in [7, 11) is 0. The van der Waals surface area contributed by atoms with Gasteiger partial charge in [-0.25, -0.2) is 0 Å². The average Bonchev–Trinajstić information content (AvgIpc) is 2.85. The highest BCUT2D eigenvalue weighted by atomic mass is 16.3. The summed E-state index contributed by atoms with van der Waals surface area (Å²) in [4.78, 5) is 13.7. The Bertz CT molecular complexity index is 623. The molecule has 2 aromatic rings. The molecule has 3 rings (SSSR count). The van der Waals surface area contributed by atoms with E-state index in [4.69, 9.17) is 5.11 Å². The molecule has 104 valence electrons. The van der Waals surface area contributed by atoms with Gasteiger partial charge in [0.1, 0.15) is 0 Å². The lowest BCUT2D eigenvalue weighted by Crippen LogP contribution is -2.27. The highest BCUT2D eigenvalue weighted by Crippen LogP contribution is 2.19. The Balaban J connectivity index is 1.66. The van der Waals surface area contributed by atoms with E-state index in [0.717, 1.165) is 13.0 Å². The molecule has 1 aliphatic rings. The Kier molecular flexibility index (Phi) is 3.70. The minimum Gasteiger partial charge on any atom is -0.396 e. The van der Waals surface area contributed by atoms with Crippen LogP contribution in [0.4, 0.5) is 0 Å². The van der Waals surface area contributed by atoms with Crippen LogP contribution >= 0.6 is 0 Å². The highest BCUT2D eigenvalue weighted by Gasteiger charge is 2.28. The molecule has 1 N–H and O–H groups in total. The molecule has 3 nitrogen and oxygen atoms in total. The van der Waals surface area contributed by atoms with Crippen LogP contribution in [0.25, 0.3) is 10.8 Å². The van der Waals surface area contributed by atoms with Gasteiger partial charge < -0.3 is 10.0 Å². The van der Waals surface area contributed by atoms with Crippen LogP contribution in [0.3, 0.4) is 0 Å². The van der Waals surface area contributed by atoms with Crippen molar-refractivity contribution in [1.29, 1.82) is 0 Å². The van der Waals surface area contributed by atoms with Gasteiger partial charge in [-0.15, -0.1) is 0 Å². The first kappa shape index (κ1) is 13.1. The molecule has 0 aromatic heterocycles. The monoisotopic (exact) mass is 269 g/mol. The van der Waals surface area contributed by atoms with E-state index in [1.54, 1.807) is 0 Å². The summed E-state index contributed by atoms with van der Waals surface area (Å²) in [5.74, 6) is 0.295. The molecule has 20 heavy (non-hydrogen) atoms. The van der Waals surface area contributed by atoms with Crippen LogP contribution in [-0.4, -0.2) is 35.6 Å². The van der Waals surface area contributed by atoms with Crippen LogP contribution < -0.4 is 0 Å². The maximum absolute atomic E-state index is 11.8. The van der Waals surface area contributed by atoms with Gasteiger partial charge in [-0.2, -0.15) is 0 Å². The van der Waals surface area contributed by atoms with E-state index in [1.165, 1.54) is 16.3 Å². The molecular weight excluding hydrogens is 250 g/mol. The zero-order chi connectivity index (χ0) is 13.9. The molecule has 0 saturated carbocycles. The van der Waals surface area contributed by atoms with Crippen LogP contribution in [-0.2, 0) is 11.2 Å². The topological polar surface area (TPSA) is 40.5 Å². The van der Waals surface area contributed by atoms with Gasteiger partial charge in [-0.1, -0.05) is 42.5 Å². The molecule has 1 amide bonds. The molecular formula is C17H19NO2. The third kappa shape index (κ3) is 2.68. The summed E-state index contributed by atoms with van der Waals surface area (Å²) in [5.41, 5.74) is 1.25. The number of carbonyl (C=O) groups is 1. The normalized spacial score (nSPS) is 18.9. The number of likely N-dealkylation sites (tertiary alicyclic amines) is 1. The molecule has 1 unspecified atom stereocenters. The van der Waals surface area contributed by atoms with Crippen molar-refractivity contribution < 1.29 is 9.90 Å². The summed E-state index contributed by atoms with van der Waals surface area (Å²) < 4.78 is 0. The van der Waals surface area contributed by atoms with Gasteiger partial charge in [0.25, 0.3) is 0 Å². The van der Waals surface area contributed by atoms with Crippen molar-refractivity contribution in [3.05, 3.63) is 48.0 Å². The Morgan fingerprint density at radius 2 is 1.95 bits per heavy atom. The first-order valence-electron chi connectivity index (χ1n) is 7.12. The Morgan fingerprint density at radius 1 is 1.15 bits per heavy atom. The average molecular weight is 269 g/mol.